The largest absolute Gasteiger partial charge is 0.468 e. The number of imidazole rings is 1. The van der Waals surface area contributed by atoms with Crippen LogP contribution in [-0.4, -0.2) is 34.7 Å². The zero-order chi connectivity index (χ0) is 15.0. The molecule has 0 aromatic carbocycles. The van der Waals surface area contributed by atoms with Gasteiger partial charge in [0.05, 0.1) is 7.11 Å². The average molecular weight is 281 g/mol. The maximum Gasteiger partial charge on any atom is 0.325 e. The molecule has 1 unspecified atom stereocenters. The van der Waals surface area contributed by atoms with Crippen molar-refractivity contribution in [1.82, 2.24) is 14.9 Å². The van der Waals surface area contributed by atoms with Crippen molar-refractivity contribution in [2.75, 3.05) is 13.7 Å². The fourth-order valence-electron chi connectivity index (χ4n) is 2.29. The van der Waals surface area contributed by atoms with Crippen LogP contribution in [0.4, 0.5) is 0 Å². The van der Waals surface area contributed by atoms with Crippen LogP contribution in [0.5, 0.6) is 0 Å². The lowest BCUT2D eigenvalue weighted by atomic mass is 9.94. The molecule has 5 nitrogen and oxygen atoms in total. The molecule has 5 heteroatoms. The van der Waals surface area contributed by atoms with Gasteiger partial charge in [0.2, 0.25) is 0 Å². The van der Waals surface area contributed by atoms with E-state index in [9.17, 15) is 4.79 Å². The molecule has 1 atom stereocenters. The van der Waals surface area contributed by atoms with Crippen LogP contribution in [0.25, 0.3) is 0 Å². The molecule has 0 saturated heterocycles. The van der Waals surface area contributed by atoms with E-state index < -0.39 is 5.54 Å². The molecule has 0 spiro atoms. The number of carbonyl (C=O) groups excluding carboxylic acids is 1. The number of carbonyl (C=O) groups is 1. The molecule has 0 amide bonds. The second-order valence-electron chi connectivity index (χ2n) is 5.38. The first kappa shape index (κ1) is 16.7. The Morgan fingerprint density at radius 2 is 2.25 bits per heavy atom. The number of nitrogens with zero attached hydrogens (tertiary/aromatic N) is 2. The lowest BCUT2D eigenvalue weighted by molar-refractivity contribution is -0.148. The van der Waals surface area contributed by atoms with Gasteiger partial charge in [0, 0.05) is 18.9 Å². The fraction of sp³-hybridized carbons (Fsp3) is 0.733. The van der Waals surface area contributed by atoms with Gasteiger partial charge in [-0.05, 0) is 46.1 Å². The molecule has 1 heterocycles. The van der Waals surface area contributed by atoms with Crippen molar-refractivity contribution in [3.63, 3.8) is 0 Å². The highest BCUT2D eigenvalue weighted by atomic mass is 16.5. The molecule has 1 aromatic rings. The Bertz CT molecular complexity index is 417. The van der Waals surface area contributed by atoms with Crippen molar-refractivity contribution in [1.29, 1.82) is 0 Å². The number of methoxy groups -OCH3 is 1. The van der Waals surface area contributed by atoms with E-state index in [1.807, 2.05) is 26.2 Å². The molecule has 0 aliphatic heterocycles. The zero-order valence-corrected chi connectivity index (χ0v) is 13.1. The highest BCUT2D eigenvalue weighted by molar-refractivity contribution is 5.80. The van der Waals surface area contributed by atoms with Crippen LogP contribution in [0, 0.1) is 6.92 Å². The van der Waals surface area contributed by atoms with Crippen LogP contribution in [0.3, 0.4) is 0 Å². The summed E-state index contributed by atoms with van der Waals surface area (Å²) in [5.74, 6) is 0.856. The first-order valence-electron chi connectivity index (χ1n) is 7.34. The van der Waals surface area contributed by atoms with Crippen molar-refractivity contribution < 1.29 is 9.53 Å². The van der Waals surface area contributed by atoms with Crippen LogP contribution in [-0.2, 0) is 16.1 Å². The van der Waals surface area contributed by atoms with Crippen LogP contribution in [0.15, 0.2) is 12.4 Å². The SMILES string of the molecule is CCCNC(C)(CCCCn1ccnc1C)C(=O)OC. The number of aryl methyl sites for hydroxylation is 2. The number of nitrogens with one attached hydrogen (secondary N) is 1. The second-order valence-corrected chi connectivity index (χ2v) is 5.38. The van der Waals surface area contributed by atoms with Crippen LogP contribution < -0.4 is 5.32 Å². The fourth-order valence-corrected chi connectivity index (χ4v) is 2.29. The number of aromatic nitrogens is 2. The van der Waals surface area contributed by atoms with Gasteiger partial charge in [0.1, 0.15) is 11.4 Å². The molecule has 20 heavy (non-hydrogen) atoms. The maximum atomic E-state index is 11.9. The summed E-state index contributed by atoms with van der Waals surface area (Å²) < 4.78 is 7.05. The molecule has 1 aromatic heterocycles. The Hall–Kier alpha value is -1.36. The lowest BCUT2D eigenvalue weighted by Crippen LogP contribution is -2.50. The van der Waals surface area contributed by atoms with E-state index in [4.69, 9.17) is 4.74 Å². The Labute approximate surface area is 121 Å². The highest BCUT2D eigenvalue weighted by Gasteiger charge is 2.32. The van der Waals surface area contributed by atoms with E-state index in [1.165, 1.54) is 7.11 Å². The van der Waals surface area contributed by atoms with Crippen LogP contribution in [0.2, 0.25) is 0 Å². The average Bonchev–Trinajstić information content (AvgIpc) is 2.86. The van der Waals surface area contributed by atoms with E-state index in [2.05, 4.69) is 21.8 Å². The van der Waals surface area contributed by atoms with E-state index in [-0.39, 0.29) is 5.97 Å². The minimum absolute atomic E-state index is 0.176. The monoisotopic (exact) mass is 281 g/mol. The minimum Gasteiger partial charge on any atom is -0.468 e. The van der Waals surface area contributed by atoms with Gasteiger partial charge in [-0.25, -0.2) is 4.98 Å². The molecule has 0 aliphatic rings. The van der Waals surface area contributed by atoms with E-state index in [0.717, 1.165) is 44.6 Å². The standard InChI is InChI=1S/C15H27N3O2/c1-5-9-17-15(3,14(19)20-4)8-6-7-11-18-12-10-16-13(18)2/h10,12,17H,5-9,11H2,1-4H3. The smallest absolute Gasteiger partial charge is 0.325 e. The predicted molar refractivity (Wildman–Crippen MR) is 79.5 cm³/mol. The van der Waals surface area contributed by atoms with Gasteiger partial charge in [-0.3, -0.25) is 4.79 Å². The number of unbranched alkanes of at least 4 members (excludes halogenated alkanes) is 1. The molecular formula is C15H27N3O2. The highest BCUT2D eigenvalue weighted by Crippen LogP contribution is 2.16. The van der Waals surface area contributed by atoms with Crippen molar-refractivity contribution in [3.05, 3.63) is 18.2 Å². The number of rotatable bonds is 9. The minimum atomic E-state index is -0.575. The molecule has 114 valence electrons. The number of esters is 1. The predicted octanol–water partition coefficient (Wildman–Crippen LogP) is 2.29. The summed E-state index contributed by atoms with van der Waals surface area (Å²) in [6.07, 6.45) is 7.59. The van der Waals surface area contributed by atoms with Gasteiger partial charge in [0.15, 0.2) is 0 Å². The summed E-state index contributed by atoms with van der Waals surface area (Å²) in [6.45, 7) is 7.79. The van der Waals surface area contributed by atoms with Crippen LogP contribution >= 0.6 is 0 Å². The lowest BCUT2D eigenvalue weighted by Gasteiger charge is -2.28. The molecule has 1 rings (SSSR count). The summed E-state index contributed by atoms with van der Waals surface area (Å²) >= 11 is 0. The molecule has 0 fully saturated rings. The topological polar surface area (TPSA) is 56.2 Å². The van der Waals surface area contributed by atoms with Crippen LogP contribution in [0.1, 0.15) is 45.4 Å². The summed E-state index contributed by atoms with van der Waals surface area (Å²) in [7, 11) is 1.45. The Morgan fingerprint density at radius 3 is 2.80 bits per heavy atom. The summed E-state index contributed by atoms with van der Waals surface area (Å²) in [6, 6.07) is 0. The quantitative estimate of drug-likeness (QED) is 0.557. The third-order valence-corrected chi connectivity index (χ3v) is 3.65. The summed E-state index contributed by atoms with van der Waals surface area (Å²) in [5, 5.41) is 3.31. The summed E-state index contributed by atoms with van der Waals surface area (Å²) in [4.78, 5) is 16.1. The van der Waals surface area contributed by atoms with Gasteiger partial charge in [-0.15, -0.1) is 0 Å². The van der Waals surface area contributed by atoms with Gasteiger partial charge >= 0.3 is 5.97 Å². The van der Waals surface area contributed by atoms with Gasteiger partial charge < -0.3 is 14.6 Å². The van der Waals surface area contributed by atoms with Crippen molar-refractivity contribution >= 4 is 5.97 Å². The normalized spacial score (nSPS) is 14.0. The van der Waals surface area contributed by atoms with Gasteiger partial charge in [-0.2, -0.15) is 0 Å². The summed E-state index contributed by atoms with van der Waals surface area (Å²) in [5.41, 5.74) is -0.575. The molecular weight excluding hydrogens is 254 g/mol. The maximum absolute atomic E-state index is 11.9. The van der Waals surface area contributed by atoms with E-state index in [1.54, 1.807) is 0 Å². The van der Waals surface area contributed by atoms with Gasteiger partial charge in [-0.1, -0.05) is 6.92 Å². The first-order chi connectivity index (χ1) is 9.53. The third kappa shape index (κ3) is 4.63. The molecule has 1 N–H and O–H groups in total. The van der Waals surface area contributed by atoms with Gasteiger partial charge in [0.25, 0.3) is 0 Å². The molecule has 0 bridgehead atoms. The third-order valence-electron chi connectivity index (χ3n) is 3.65. The van der Waals surface area contributed by atoms with Crippen molar-refractivity contribution in [2.24, 2.45) is 0 Å². The molecule has 0 aliphatic carbocycles. The Kier molecular flexibility index (Phi) is 6.71. The Morgan fingerprint density at radius 1 is 1.50 bits per heavy atom. The zero-order valence-electron chi connectivity index (χ0n) is 13.1. The molecule has 0 radical (unpaired) electrons. The van der Waals surface area contributed by atoms with E-state index in [0.29, 0.717) is 0 Å². The Balaban J connectivity index is 2.42. The van der Waals surface area contributed by atoms with Crippen molar-refractivity contribution in [2.45, 2.75) is 58.5 Å². The number of hydrogen-bond donors (Lipinski definition) is 1. The second kappa shape index (κ2) is 8.04. The number of ether oxygens (including phenoxy) is 1. The van der Waals surface area contributed by atoms with Crippen molar-refractivity contribution in [3.8, 4) is 0 Å². The van der Waals surface area contributed by atoms with E-state index >= 15 is 0 Å². The first-order valence-corrected chi connectivity index (χ1v) is 7.34. The molecule has 0 saturated carbocycles. The number of hydrogen-bond acceptors (Lipinski definition) is 4.